The van der Waals surface area contributed by atoms with Gasteiger partial charge >= 0.3 is 0 Å². The lowest BCUT2D eigenvalue weighted by Gasteiger charge is -2.37. The third-order valence-corrected chi connectivity index (χ3v) is 2.88. The summed E-state index contributed by atoms with van der Waals surface area (Å²) in [5.74, 6) is 1.26. The van der Waals surface area contributed by atoms with E-state index in [-0.39, 0.29) is 5.91 Å². The van der Waals surface area contributed by atoms with Gasteiger partial charge < -0.3 is 14.6 Å². The maximum Gasteiger partial charge on any atom is 0.289 e. The Kier molecular flexibility index (Phi) is 3.29. The van der Waals surface area contributed by atoms with E-state index in [0.29, 0.717) is 11.8 Å². The van der Waals surface area contributed by atoms with Crippen LogP contribution in [-0.2, 0) is 0 Å². The Balaban J connectivity index is 2.09. The second kappa shape index (κ2) is 4.70. The number of nitrogens with zero attached hydrogens (tertiary/aromatic N) is 1. The van der Waals surface area contributed by atoms with Gasteiger partial charge in [-0.15, -0.1) is 0 Å². The molecule has 16 heavy (non-hydrogen) atoms. The van der Waals surface area contributed by atoms with Crippen LogP contribution in [-0.4, -0.2) is 36.5 Å². The van der Waals surface area contributed by atoms with E-state index in [1.165, 1.54) is 0 Å². The predicted molar refractivity (Wildman–Crippen MR) is 61.4 cm³/mol. The quantitative estimate of drug-likeness (QED) is 0.837. The SMILES string of the molecule is CCCN(C(=O)c1ccc(C)o1)C1CNC1. The molecule has 0 spiro atoms. The number of rotatable bonds is 4. The minimum absolute atomic E-state index is 0.0152. The largest absolute Gasteiger partial charge is 0.456 e. The number of hydrogen-bond acceptors (Lipinski definition) is 3. The molecule has 2 heterocycles. The van der Waals surface area contributed by atoms with Gasteiger partial charge in [-0.05, 0) is 25.5 Å². The number of carbonyl (C=O) groups excluding carboxylic acids is 1. The molecule has 1 amide bonds. The van der Waals surface area contributed by atoms with Crippen molar-refractivity contribution >= 4 is 5.91 Å². The highest BCUT2D eigenvalue weighted by molar-refractivity contribution is 5.91. The number of hydrogen-bond donors (Lipinski definition) is 1. The Morgan fingerprint density at radius 3 is 2.75 bits per heavy atom. The number of nitrogens with one attached hydrogen (secondary N) is 1. The van der Waals surface area contributed by atoms with Gasteiger partial charge in [0.15, 0.2) is 5.76 Å². The van der Waals surface area contributed by atoms with E-state index < -0.39 is 0 Å². The Morgan fingerprint density at radius 2 is 2.31 bits per heavy atom. The molecule has 0 aromatic carbocycles. The van der Waals surface area contributed by atoms with Crippen molar-refractivity contribution in [3.8, 4) is 0 Å². The Morgan fingerprint density at radius 1 is 1.56 bits per heavy atom. The third-order valence-electron chi connectivity index (χ3n) is 2.88. The van der Waals surface area contributed by atoms with Gasteiger partial charge in [0.2, 0.25) is 0 Å². The van der Waals surface area contributed by atoms with Crippen LogP contribution in [0.25, 0.3) is 0 Å². The summed E-state index contributed by atoms with van der Waals surface area (Å²) < 4.78 is 5.38. The lowest BCUT2D eigenvalue weighted by molar-refractivity contribution is 0.0582. The smallest absolute Gasteiger partial charge is 0.289 e. The van der Waals surface area contributed by atoms with E-state index in [2.05, 4.69) is 12.2 Å². The third kappa shape index (κ3) is 2.11. The summed E-state index contributed by atoms with van der Waals surface area (Å²) in [6, 6.07) is 3.92. The molecule has 1 aromatic rings. The number of amides is 1. The van der Waals surface area contributed by atoms with E-state index in [1.807, 2.05) is 17.9 Å². The lowest BCUT2D eigenvalue weighted by Crippen LogP contribution is -2.59. The summed E-state index contributed by atoms with van der Waals surface area (Å²) in [6.07, 6.45) is 0.974. The first-order valence-corrected chi connectivity index (χ1v) is 5.80. The van der Waals surface area contributed by atoms with Crippen molar-refractivity contribution in [2.75, 3.05) is 19.6 Å². The van der Waals surface area contributed by atoms with Crippen LogP contribution < -0.4 is 5.32 Å². The summed E-state index contributed by atoms with van der Waals surface area (Å²) >= 11 is 0. The van der Waals surface area contributed by atoms with Crippen LogP contribution >= 0.6 is 0 Å². The topological polar surface area (TPSA) is 45.5 Å². The Bertz CT molecular complexity index is 369. The van der Waals surface area contributed by atoms with Crippen LogP contribution in [0.4, 0.5) is 0 Å². The highest BCUT2D eigenvalue weighted by atomic mass is 16.3. The molecule has 4 heteroatoms. The normalized spacial score (nSPS) is 15.9. The second-order valence-corrected chi connectivity index (χ2v) is 4.22. The fourth-order valence-corrected chi connectivity index (χ4v) is 1.88. The molecule has 0 aliphatic carbocycles. The van der Waals surface area contributed by atoms with E-state index in [1.54, 1.807) is 6.07 Å². The molecule has 1 saturated heterocycles. The summed E-state index contributed by atoms with van der Waals surface area (Å²) in [7, 11) is 0. The van der Waals surface area contributed by atoms with Crippen LogP contribution in [0.5, 0.6) is 0 Å². The lowest BCUT2D eigenvalue weighted by atomic mass is 10.1. The van der Waals surface area contributed by atoms with Crippen molar-refractivity contribution in [2.24, 2.45) is 0 Å². The molecule has 1 aliphatic heterocycles. The summed E-state index contributed by atoms with van der Waals surface area (Å²) in [4.78, 5) is 14.1. The average molecular weight is 222 g/mol. The first-order chi connectivity index (χ1) is 7.72. The molecule has 88 valence electrons. The fourth-order valence-electron chi connectivity index (χ4n) is 1.88. The first kappa shape index (κ1) is 11.2. The molecule has 0 unspecified atom stereocenters. The van der Waals surface area contributed by atoms with E-state index in [0.717, 1.165) is 31.8 Å². The molecule has 0 bridgehead atoms. The van der Waals surface area contributed by atoms with Crippen molar-refractivity contribution in [1.29, 1.82) is 0 Å². The minimum Gasteiger partial charge on any atom is -0.456 e. The highest BCUT2D eigenvalue weighted by Crippen LogP contribution is 2.14. The van der Waals surface area contributed by atoms with Gasteiger partial charge in [0, 0.05) is 19.6 Å². The minimum atomic E-state index is 0.0152. The molecular formula is C12H18N2O2. The van der Waals surface area contributed by atoms with Gasteiger partial charge in [-0.25, -0.2) is 0 Å². The number of aryl methyl sites for hydroxylation is 1. The van der Waals surface area contributed by atoms with Crippen molar-refractivity contribution in [3.05, 3.63) is 23.7 Å². The van der Waals surface area contributed by atoms with Gasteiger partial charge in [0.1, 0.15) is 5.76 Å². The van der Waals surface area contributed by atoms with Gasteiger partial charge in [-0.3, -0.25) is 4.79 Å². The first-order valence-electron chi connectivity index (χ1n) is 5.80. The standard InChI is InChI=1S/C12H18N2O2/c1-3-6-14(10-7-13-8-10)12(15)11-5-4-9(2)16-11/h4-5,10,13H,3,6-8H2,1-2H3. The highest BCUT2D eigenvalue weighted by Gasteiger charge is 2.29. The zero-order valence-electron chi connectivity index (χ0n) is 9.82. The molecule has 2 rings (SSSR count). The monoisotopic (exact) mass is 222 g/mol. The fraction of sp³-hybridized carbons (Fsp3) is 0.583. The van der Waals surface area contributed by atoms with Gasteiger partial charge in [0.25, 0.3) is 5.91 Å². The molecule has 0 atom stereocenters. The number of carbonyl (C=O) groups is 1. The van der Waals surface area contributed by atoms with Crippen molar-refractivity contribution in [3.63, 3.8) is 0 Å². The maximum atomic E-state index is 12.2. The molecule has 1 N–H and O–H groups in total. The zero-order valence-corrected chi connectivity index (χ0v) is 9.82. The molecule has 1 aliphatic rings. The molecule has 0 radical (unpaired) electrons. The molecule has 4 nitrogen and oxygen atoms in total. The zero-order chi connectivity index (χ0) is 11.5. The van der Waals surface area contributed by atoms with Gasteiger partial charge in [-0.1, -0.05) is 6.92 Å². The van der Waals surface area contributed by atoms with E-state index in [9.17, 15) is 4.79 Å². The average Bonchev–Trinajstić information content (AvgIpc) is 2.60. The maximum absolute atomic E-state index is 12.2. The second-order valence-electron chi connectivity index (χ2n) is 4.22. The van der Waals surface area contributed by atoms with Crippen molar-refractivity contribution in [2.45, 2.75) is 26.3 Å². The number of furan rings is 1. The van der Waals surface area contributed by atoms with E-state index in [4.69, 9.17) is 4.42 Å². The summed E-state index contributed by atoms with van der Waals surface area (Å²) in [5, 5.41) is 3.19. The van der Waals surface area contributed by atoms with Crippen LogP contribution in [0, 0.1) is 6.92 Å². The van der Waals surface area contributed by atoms with Crippen LogP contribution in [0.3, 0.4) is 0 Å². The van der Waals surface area contributed by atoms with Crippen LogP contribution in [0.15, 0.2) is 16.5 Å². The van der Waals surface area contributed by atoms with Crippen molar-refractivity contribution < 1.29 is 9.21 Å². The van der Waals surface area contributed by atoms with Gasteiger partial charge in [-0.2, -0.15) is 0 Å². The van der Waals surface area contributed by atoms with Crippen LogP contribution in [0.1, 0.15) is 29.7 Å². The molecular weight excluding hydrogens is 204 g/mol. The molecule has 0 saturated carbocycles. The molecule has 1 aromatic heterocycles. The molecule has 1 fully saturated rings. The predicted octanol–water partition coefficient (Wildman–Crippen LogP) is 1.41. The van der Waals surface area contributed by atoms with Crippen molar-refractivity contribution in [1.82, 2.24) is 10.2 Å². The Hall–Kier alpha value is -1.29. The van der Waals surface area contributed by atoms with Crippen LogP contribution in [0.2, 0.25) is 0 Å². The van der Waals surface area contributed by atoms with Gasteiger partial charge in [0.05, 0.1) is 6.04 Å². The summed E-state index contributed by atoms with van der Waals surface area (Å²) in [6.45, 7) is 6.52. The Labute approximate surface area is 95.6 Å². The van der Waals surface area contributed by atoms with E-state index >= 15 is 0 Å². The summed E-state index contributed by atoms with van der Waals surface area (Å²) in [5.41, 5.74) is 0.